The summed E-state index contributed by atoms with van der Waals surface area (Å²) in [5.41, 5.74) is 0.423. The zero-order chi connectivity index (χ0) is 18.7. The molecule has 0 aliphatic carbocycles. The van der Waals surface area contributed by atoms with E-state index in [-0.39, 0.29) is 27.6 Å². The first-order valence-corrected chi connectivity index (χ1v) is 9.65. The second-order valence-electron chi connectivity index (χ2n) is 4.60. The van der Waals surface area contributed by atoms with Crippen molar-refractivity contribution in [2.75, 3.05) is 12.3 Å². The Morgan fingerprint density at radius 3 is 2.92 bits per heavy atom. The SMILES string of the molecule is O=c1onc(-c2nonc2SCCNS(=O)[O-])n1-c1ccc(F)c(Br)c1. The van der Waals surface area contributed by atoms with Crippen LogP contribution < -0.4 is 10.5 Å². The minimum absolute atomic E-state index is 0.0117. The highest BCUT2D eigenvalue weighted by Gasteiger charge is 2.23. The van der Waals surface area contributed by atoms with Crippen LogP contribution in [0.3, 0.4) is 0 Å². The minimum Gasteiger partial charge on any atom is -0.760 e. The number of thioether (sulfide) groups is 1. The van der Waals surface area contributed by atoms with Crippen molar-refractivity contribution in [2.24, 2.45) is 0 Å². The molecule has 0 bridgehead atoms. The van der Waals surface area contributed by atoms with Crippen molar-refractivity contribution in [2.45, 2.75) is 5.03 Å². The highest BCUT2D eigenvalue weighted by Crippen LogP contribution is 2.28. The minimum atomic E-state index is -2.37. The first kappa shape index (κ1) is 18.9. The van der Waals surface area contributed by atoms with Crippen molar-refractivity contribution >= 4 is 39.0 Å². The Balaban J connectivity index is 1.92. The van der Waals surface area contributed by atoms with E-state index in [1.807, 2.05) is 0 Å². The third-order valence-electron chi connectivity index (χ3n) is 3.00. The lowest BCUT2D eigenvalue weighted by Gasteiger charge is -2.06. The van der Waals surface area contributed by atoms with E-state index in [0.717, 1.165) is 16.3 Å². The summed E-state index contributed by atoms with van der Waals surface area (Å²) in [5, 5.41) is 11.4. The molecule has 10 nitrogen and oxygen atoms in total. The Hall–Kier alpha value is -1.87. The summed E-state index contributed by atoms with van der Waals surface area (Å²) < 4.78 is 47.2. The van der Waals surface area contributed by atoms with Gasteiger partial charge in [-0.05, 0) is 44.4 Å². The van der Waals surface area contributed by atoms with E-state index in [9.17, 15) is 17.9 Å². The molecule has 2 heterocycles. The fourth-order valence-corrected chi connectivity index (χ4v) is 3.45. The maximum atomic E-state index is 13.4. The first-order valence-electron chi connectivity index (χ1n) is 6.80. The maximum Gasteiger partial charge on any atom is 0.446 e. The van der Waals surface area contributed by atoms with Crippen molar-refractivity contribution in [1.29, 1.82) is 0 Å². The van der Waals surface area contributed by atoms with Crippen LogP contribution >= 0.6 is 27.7 Å². The summed E-state index contributed by atoms with van der Waals surface area (Å²) in [5.74, 6) is -0.958. The standard InChI is InChI=1S/C12H9BrFN5O5S2/c13-7-5-6(1-2-8(7)14)19-10(17-23-12(19)20)9-11(18-24-16-9)25-4-3-15-26(21)22/h1-2,5,15H,3-4H2,(H,21,22)/p-1. The second kappa shape index (κ2) is 8.22. The van der Waals surface area contributed by atoms with Crippen LogP contribution in [0.2, 0.25) is 0 Å². The van der Waals surface area contributed by atoms with Gasteiger partial charge >= 0.3 is 5.76 Å². The number of hydrogen-bond acceptors (Lipinski definition) is 9. The second-order valence-corrected chi connectivity index (χ2v) is 7.30. The van der Waals surface area contributed by atoms with Gasteiger partial charge in [-0.15, -0.1) is 0 Å². The van der Waals surface area contributed by atoms with E-state index in [0.29, 0.717) is 11.4 Å². The van der Waals surface area contributed by atoms with E-state index < -0.39 is 22.8 Å². The quantitative estimate of drug-likeness (QED) is 0.310. The number of nitrogens with zero attached hydrogens (tertiary/aromatic N) is 4. The van der Waals surface area contributed by atoms with Gasteiger partial charge in [0.05, 0.1) is 10.2 Å². The smallest absolute Gasteiger partial charge is 0.446 e. The van der Waals surface area contributed by atoms with Gasteiger partial charge in [0.2, 0.25) is 5.82 Å². The van der Waals surface area contributed by atoms with E-state index in [4.69, 9.17) is 9.15 Å². The Kier molecular flexibility index (Phi) is 5.98. The molecule has 0 radical (unpaired) electrons. The van der Waals surface area contributed by atoms with Crippen LogP contribution in [0.1, 0.15) is 0 Å². The van der Waals surface area contributed by atoms with Gasteiger partial charge in [0, 0.05) is 23.6 Å². The predicted octanol–water partition coefficient (Wildman–Crippen LogP) is 1.25. The van der Waals surface area contributed by atoms with Gasteiger partial charge in [0.15, 0.2) is 10.7 Å². The molecular weight excluding hydrogens is 457 g/mol. The van der Waals surface area contributed by atoms with E-state index in [1.165, 1.54) is 18.2 Å². The monoisotopic (exact) mass is 464 g/mol. The third kappa shape index (κ3) is 4.09. The van der Waals surface area contributed by atoms with Crippen LogP contribution in [0.25, 0.3) is 17.2 Å². The summed E-state index contributed by atoms with van der Waals surface area (Å²) in [6, 6.07) is 3.93. The van der Waals surface area contributed by atoms with Crippen molar-refractivity contribution in [1.82, 2.24) is 24.8 Å². The molecule has 0 amide bonds. The summed E-state index contributed by atoms with van der Waals surface area (Å²) in [4.78, 5) is 12.0. The molecular formula is C12H8BrFN5O5S2-. The number of hydrogen-bond donors (Lipinski definition) is 1. The van der Waals surface area contributed by atoms with Gasteiger partial charge < -0.3 is 4.55 Å². The first-order chi connectivity index (χ1) is 12.5. The summed E-state index contributed by atoms with van der Waals surface area (Å²) in [6.07, 6.45) is 0. The van der Waals surface area contributed by atoms with Crippen LogP contribution in [-0.4, -0.2) is 41.1 Å². The molecule has 0 saturated heterocycles. The van der Waals surface area contributed by atoms with Gasteiger partial charge in [0.1, 0.15) is 5.82 Å². The molecule has 0 fully saturated rings. The lowest BCUT2D eigenvalue weighted by molar-refractivity contribution is 0.299. The lowest BCUT2D eigenvalue weighted by Crippen LogP contribution is -2.19. The molecule has 26 heavy (non-hydrogen) atoms. The number of benzene rings is 1. The Labute approximate surface area is 159 Å². The normalized spacial score (nSPS) is 12.4. The highest BCUT2D eigenvalue weighted by molar-refractivity contribution is 9.10. The molecule has 2 aromatic heterocycles. The Morgan fingerprint density at radius 2 is 2.19 bits per heavy atom. The molecule has 0 aliphatic rings. The van der Waals surface area contributed by atoms with Crippen LogP contribution in [0, 0.1) is 5.82 Å². The van der Waals surface area contributed by atoms with Crippen LogP contribution in [-0.2, 0) is 11.3 Å². The molecule has 1 aromatic carbocycles. The number of aromatic nitrogens is 4. The molecule has 1 unspecified atom stereocenters. The van der Waals surface area contributed by atoms with Gasteiger partial charge in [-0.3, -0.25) is 8.73 Å². The van der Waals surface area contributed by atoms with Crippen molar-refractivity contribution in [3.63, 3.8) is 0 Å². The van der Waals surface area contributed by atoms with Gasteiger partial charge in [-0.1, -0.05) is 16.9 Å². The number of halogens is 2. The topological polar surface area (TPSA) is 139 Å². The van der Waals surface area contributed by atoms with Gasteiger partial charge in [-0.2, -0.15) is 0 Å². The highest BCUT2D eigenvalue weighted by atomic mass is 79.9. The molecule has 138 valence electrons. The van der Waals surface area contributed by atoms with Gasteiger partial charge in [0.25, 0.3) is 0 Å². The summed E-state index contributed by atoms with van der Waals surface area (Å²) >= 11 is 1.82. The maximum absolute atomic E-state index is 13.4. The Bertz CT molecular complexity index is 1010. The molecule has 3 rings (SSSR count). The third-order valence-corrected chi connectivity index (χ3v) is 4.99. The average Bonchev–Trinajstić information content (AvgIpc) is 3.20. The molecule has 0 spiro atoms. The predicted molar refractivity (Wildman–Crippen MR) is 90.7 cm³/mol. The zero-order valence-electron chi connectivity index (χ0n) is 12.5. The van der Waals surface area contributed by atoms with Crippen molar-refractivity contribution in [3.05, 3.63) is 39.0 Å². The molecule has 1 atom stereocenters. The molecule has 3 aromatic rings. The molecule has 14 heteroatoms. The van der Waals surface area contributed by atoms with Crippen LogP contribution in [0.4, 0.5) is 4.39 Å². The summed E-state index contributed by atoms with van der Waals surface area (Å²) in [6.45, 7) is 0.156. The average molecular weight is 465 g/mol. The zero-order valence-corrected chi connectivity index (χ0v) is 15.8. The van der Waals surface area contributed by atoms with E-state index in [1.54, 1.807) is 0 Å². The Morgan fingerprint density at radius 1 is 1.38 bits per heavy atom. The van der Waals surface area contributed by atoms with E-state index >= 15 is 0 Å². The fraction of sp³-hybridized carbons (Fsp3) is 0.167. The van der Waals surface area contributed by atoms with Crippen molar-refractivity contribution in [3.8, 4) is 17.2 Å². The van der Waals surface area contributed by atoms with Crippen molar-refractivity contribution < 1.29 is 22.3 Å². The lowest BCUT2D eigenvalue weighted by atomic mass is 10.3. The van der Waals surface area contributed by atoms with Crippen LogP contribution in [0.5, 0.6) is 0 Å². The number of nitrogens with one attached hydrogen (secondary N) is 1. The molecule has 0 saturated carbocycles. The largest absolute Gasteiger partial charge is 0.760 e. The van der Waals surface area contributed by atoms with Gasteiger partial charge in [-0.25, -0.2) is 23.1 Å². The van der Waals surface area contributed by atoms with Crippen LogP contribution in [0.15, 0.2) is 41.6 Å². The number of rotatable bonds is 7. The fourth-order valence-electron chi connectivity index (χ4n) is 1.94. The molecule has 1 N–H and O–H groups in total. The molecule has 0 aliphatic heterocycles. The van der Waals surface area contributed by atoms with E-state index in [2.05, 4.69) is 36.1 Å². The summed E-state index contributed by atoms with van der Waals surface area (Å²) in [7, 11) is 0.